The highest BCUT2D eigenvalue weighted by Gasteiger charge is 2.30. The van der Waals surface area contributed by atoms with Crippen LogP contribution in [0.3, 0.4) is 0 Å². The third-order valence-corrected chi connectivity index (χ3v) is 5.06. The number of hydrogen-bond acceptors (Lipinski definition) is 4. The Hall–Kier alpha value is -1.67. The molecule has 1 aliphatic rings. The normalized spacial score (nSPS) is 17.4. The fourth-order valence-electron chi connectivity index (χ4n) is 1.69. The van der Waals surface area contributed by atoms with E-state index in [-0.39, 0.29) is 17.3 Å². The van der Waals surface area contributed by atoms with Gasteiger partial charge in [0.25, 0.3) is 5.91 Å². The molecule has 2 rings (SSSR count). The molecule has 0 atom stereocenters. The zero-order chi connectivity index (χ0) is 15.6. The monoisotopic (exact) mass is 327 g/mol. The van der Waals surface area contributed by atoms with Gasteiger partial charge in [-0.05, 0) is 23.4 Å². The van der Waals surface area contributed by atoms with Crippen LogP contribution in [-0.2, 0) is 15.0 Å². The van der Waals surface area contributed by atoms with Gasteiger partial charge in [0, 0.05) is 13.6 Å². The van der Waals surface area contributed by atoms with Crippen molar-refractivity contribution in [2.75, 3.05) is 13.6 Å². The zero-order valence-corrected chi connectivity index (χ0v) is 13.7. The average molecular weight is 327 g/mol. The highest BCUT2D eigenvalue weighted by atomic mass is 32.2. The van der Waals surface area contributed by atoms with E-state index in [1.807, 2.05) is 19.2 Å². The van der Waals surface area contributed by atoms with E-state index in [9.17, 15) is 13.2 Å². The number of nitrogens with one attached hydrogen (secondary N) is 1. The van der Waals surface area contributed by atoms with Gasteiger partial charge in [-0.25, -0.2) is 4.31 Å². The number of carbonyl (C=O) groups is 1. The van der Waals surface area contributed by atoms with Gasteiger partial charge in [0.15, 0.2) is 0 Å². The summed E-state index contributed by atoms with van der Waals surface area (Å²) >= 11 is 1.37. The topological polar surface area (TPSA) is 78.8 Å². The van der Waals surface area contributed by atoms with Crippen molar-refractivity contribution >= 4 is 33.2 Å². The third-order valence-electron chi connectivity index (χ3n) is 2.85. The van der Waals surface area contributed by atoms with E-state index in [2.05, 4.69) is 9.71 Å². The Balaban J connectivity index is 2.35. The molecular formula is C13H17N3O3S2. The lowest BCUT2D eigenvalue weighted by Gasteiger charge is -2.23. The zero-order valence-electron chi connectivity index (χ0n) is 12.0. The minimum Gasteiger partial charge on any atom is -0.350 e. The summed E-state index contributed by atoms with van der Waals surface area (Å²) in [7, 11) is -2.55. The Morgan fingerprint density at radius 2 is 2.19 bits per heavy atom. The number of nitrogens with zero attached hydrogens (tertiary/aromatic N) is 2. The molecule has 0 aliphatic carbocycles. The van der Waals surface area contributed by atoms with Crippen molar-refractivity contribution < 1.29 is 13.2 Å². The summed E-state index contributed by atoms with van der Waals surface area (Å²) in [5.74, 6) is -0.135. The van der Waals surface area contributed by atoms with Crippen LogP contribution in [0.5, 0.6) is 0 Å². The summed E-state index contributed by atoms with van der Waals surface area (Å²) in [5, 5.41) is 4.55. The van der Waals surface area contributed by atoms with Gasteiger partial charge in [-0.15, -0.1) is 15.7 Å². The van der Waals surface area contributed by atoms with Crippen LogP contribution in [0.4, 0.5) is 0 Å². The number of allylic oxidation sites excluding steroid dienone is 1. The third kappa shape index (κ3) is 3.51. The van der Waals surface area contributed by atoms with Crippen molar-refractivity contribution in [3.8, 4) is 0 Å². The molecule has 0 unspecified atom stereocenters. The predicted molar refractivity (Wildman–Crippen MR) is 83.5 cm³/mol. The number of rotatable bonds is 4. The molecule has 1 aromatic rings. The second-order valence-electron chi connectivity index (χ2n) is 5.03. The van der Waals surface area contributed by atoms with Crippen LogP contribution in [0.15, 0.2) is 33.7 Å². The molecule has 2 heterocycles. The van der Waals surface area contributed by atoms with E-state index in [1.54, 1.807) is 12.1 Å². The molecular weight excluding hydrogens is 310 g/mol. The first-order valence-corrected chi connectivity index (χ1v) is 8.71. The largest absolute Gasteiger partial charge is 0.350 e. The molecule has 0 radical (unpaired) electrons. The minimum absolute atomic E-state index is 0.0778. The molecule has 0 bridgehead atoms. The van der Waals surface area contributed by atoms with Crippen molar-refractivity contribution in [3.05, 3.63) is 34.2 Å². The van der Waals surface area contributed by atoms with Crippen LogP contribution in [0, 0.1) is 5.92 Å². The molecule has 114 valence electrons. The quantitative estimate of drug-likeness (QED) is 0.907. The smallest absolute Gasteiger partial charge is 0.345 e. The molecule has 0 aromatic carbocycles. The molecule has 0 spiro atoms. The van der Waals surface area contributed by atoms with Crippen molar-refractivity contribution in [1.82, 2.24) is 9.62 Å². The van der Waals surface area contributed by atoms with E-state index in [0.717, 1.165) is 4.31 Å². The lowest BCUT2D eigenvalue weighted by atomic mass is 10.2. The summed E-state index contributed by atoms with van der Waals surface area (Å²) < 4.78 is 28.8. The fourth-order valence-corrected chi connectivity index (χ4v) is 3.34. The molecule has 6 nitrogen and oxygen atoms in total. The Kier molecular flexibility index (Phi) is 4.48. The van der Waals surface area contributed by atoms with Gasteiger partial charge >= 0.3 is 10.2 Å². The number of carbonyl (C=O) groups excluding carboxylic acids is 1. The second-order valence-corrected chi connectivity index (χ2v) is 7.61. The molecule has 0 fully saturated rings. The predicted octanol–water partition coefficient (Wildman–Crippen LogP) is 1.38. The second kappa shape index (κ2) is 5.98. The fraction of sp³-hybridized carbons (Fsp3) is 0.385. The van der Waals surface area contributed by atoms with Gasteiger partial charge in [0.2, 0.25) is 0 Å². The molecule has 1 aromatic heterocycles. The van der Waals surface area contributed by atoms with E-state index in [0.29, 0.717) is 11.4 Å². The SMILES string of the molecule is CC(C)CNC(=O)C1=CC(c2cccs2)=NS(=O)(=O)N1C. The lowest BCUT2D eigenvalue weighted by molar-refractivity contribution is -0.118. The van der Waals surface area contributed by atoms with Crippen LogP contribution >= 0.6 is 11.3 Å². The Labute approximate surface area is 128 Å². The van der Waals surface area contributed by atoms with Crippen LogP contribution in [0.2, 0.25) is 0 Å². The summed E-state index contributed by atoms with van der Waals surface area (Å²) in [6.45, 7) is 4.42. The maximum Gasteiger partial charge on any atom is 0.345 e. The first-order valence-electron chi connectivity index (χ1n) is 6.44. The summed E-state index contributed by atoms with van der Waals surface area (Å²) in [4.78, 5) is 12.9. The number of thiophene rings is 1. The molecule has 1 amide bonds. The first-order chi connectivity index (χ1) is 9.81. The molecule has 0 saturated carbocycles. The first kappa shape index (κ1) is 15.7. The Morgan fingerprint density at radius 3 is 2.76 bits per heavy atom. The van der Waals surface area contributed by atoms with E-state index in [4.69, 9.17) is 0 Å². The number of likely N-dealkylation sites (N-methyl/N-ethyl adjacent to an activating group) is 1. The van der Waals surface area contributed by atoms with Gasteiger partial charge in [-0.2, -0.15) is 8.42 Å². The highest BCUT2D eigenvalue weighted by molar-refractivity contribution is 7.88. The Bertz CT molecular complexity index is 688. The van der Waals surface area contributed by atoms with Gasteiger partial charge in [0.05, 0.1) is 10.6 Å². The maximum atomic E-state index is 12.2. The van der Waals surface area contributed by atoms with Crippen LogP contribution in [0.25, 0.3) is 0 Å². The molecule has 8 heteroatoms. The minimum atomic E-state index is -3.87. The summed E-state index contributed by atoms with van der Waals surface area (Å²) in [5.41, 5.74) is 0.367. The van der Waals surface area contributed by atoms with Gasteiger partial charge in [0.1, 0.15) is 5.70 Å². The molecule has 1 aliphatic heterocycles. The number of hydrogen-bond donors (Lipinski definition) is 1. The van der Waals surface area contributed by atoms with E-state index in [1.165, 1.54) is 24.5 Å². The summed E-state index contributed by atoms with van der Waals surface area (Å²) in [6, 6.07) is 3.57. The van der Waals surface area contributed by atoms with Crippen molar-refractivity contribution in [1.29, 1.82) is 0 Å². The molecule has 21 heavy (non-hydrogen) atoms. The highest BCUT2D eigenvalue weighted by Crippen LogP contribution is 2.21. The van der Waals surface area contributed by atoms with Gasteiger partial charge < -0.3 is 5.32 Å². The number of amides is 1. The maximum absolute atomic E-state index is 12.2. The van der Waals surface area contributed by atoms with Crippen LogP contribution < -0.4 is 5.32 Å². The van der Waals surface area contributed by atoms with Crippen LogP contribution in [0.1, 0.15) is 18.7 Å². The molecule has 0 saturated heterocycles. The standard InChI is InChI=1S/C13H17N3O3S2/c1-9(2)8-14-13(17)11-7-10(12-5-4-6-20-12)15-21(18,19)16(11)3/h4-7,9H,8H2,1-3H3,(H,14,17). The summed E-state index contributed by atoms with van der Waals surface area (Å²) in [6.07, 6.45) is 1.50. The van der Waals surface area contributed by atoms with E-state index >= 15 is 0 Å². The van der Waals surface area contributed by atoms with Gasteiger partial charge in [-0.3, -0.25) is 4.79 Å². The Morgan fingerprint density at radius 1 is 1.48 bits per heavy atom. The van der Waals surface area contributed by atoms with Crippen molar-refractivity contribution in [2.45, 2.75) is 13.8 Å². The molecule has 1 N–H and O–H groups in total. The van der Waals surface area contributed by atoms with Gasteiger partial charge in [-0.1, -0.05) is 19.9 Å². The average Bonchev–Trinajstić information content (AvgIpc) is 2.92. The van der Waals surface area contributed by atoms with Crippen molar-refractivity contribution in [3.63, 3.8) is 0 Å². The van der Waals surface area contributed by atoms with E-state index < -0.39 is 16.1 Å². The lowest BCUT2D eigenvalue weighted by Crippen LogP contribution is -2.39. The van der Waals surface area contributed by atoms with Crippen LogP contribution in [-0.4, -0.2) is 37.9 Å². The van der Waals surface area contributed by atoms with Crippen molar-refractivity contribution in [2.24, 2.45) is 10.3 Å².